The zero-order chi connectivity index (χ0) is 11.0. The highest BCUT2D eigenvalue weighted by Crippen LogP contribution is 2.32. The summed E-state index contributed by atoms with van der Waals surface area (Å²) in [5.74, 6) is 0. The van der Waals surface area contributed by atoms with Crippen LogP contribution in [0.5, 0.6) is 0 Å². The van der Waals surface area contributed by atoms with E-state index in [1.165, 1.54) is 25.7 Å². The third-order valence-corrected chi connectivity index (χ3v) is 8.49. The van der Waals surface area contributed by atoms with E-state index < -0.39 is 8.80 Å². The van der Waals surface area contributed by atoms with Crippen molar-refractivity contribution in [2.24, 2.45) is 0 Å². The van der Waals surface area contributed by atoms with Crippen LogP contribution in [-0.2, 0) is 0 Å². The average molecular weight is 212 g/mol. The van der Waals surface area contributed by atoms with Gasteiger partial charge in [0.15, 0.2) is 0 Å². The third kappa shape index (κ3) is 3.99. The van der Waals surface area contributed by atoms with E-state index in [9.17, 15) is 0 Å². The molecule has 0 fully saturated rings. The van der Waals surface area contributed by atoms with Gasteiger partial charge in [-0.2, -0.15) is 0 Å². The van der Waals surface area contributed by atoms with Crippen LogP contribution in [0.1, 0.15) is 60.3 Å². The van der Waals surface area contributed by atoms with Crippen molar-refractivity contribution >= 4 is 8.80 Å². The molecule has 0 atom stereocenters. The molecule has 0 bridgehead atoms. The Hall–Kier alpha value is -0.0431. The van der Waals surface area contributed by atoms with Gasteiger partial charge < -0.3 is 0 Å². The highest BCUT2D eigenvalue weighted by Gasteiger charge is 2.24. The number of rotatable bonds is 7. The van der Waals surface area contributed by atoms with Gasteiger partial charge in [-0.1, -0.05) is 59.5 Å². The third-order valence-electron chi connectivity index (χ3n) is 3.60. The minimum absolute atomic E-state index is 0.644. The molecule has 84 valence electrons. The van der Waals surface area contributed by atoms with Gasteiger partial charge >= 0.3 is 0 Å². The smallest absolute Gasteiger partial charge is 0.0671 e. The standard InChI is InChI=1S/C13H28Si/c1-6-11-14(12(7-2)8-3)13(9-4)10-5/h6,11-14H,7-10H2,1-5H3. The fourth-order valence-corrected chi connectivity index (χ4v) is 6.61. The van der Waals surface area contributed by atoms with Crippen molar-refractivity contribution in [3.63, 3.8) is 0 Å². The molecule has 0 radical (unpaired) electrons. The molecule has 0 aromatic rings. The van der Waals surface area contributed by atoms with E-state index >= 15 is 0 Å². The van der Waals surface area contributed by atoms with Crippen LogP contribution < -0.4 is 0 Å². The first-order valence-corrected chi connectivity index (χ1v) is 8.37. The Balaban J connectivity index is 4.53. The zero-order valence-electron chi connectivity index (χ0n) is 10.7. The maximum atomic E-state index is 2.58. The van der Waals surface area contributed by atoms with Crippen LogP contribution in [0.2, 0.25) is 11.1 Å². The highest BCUT2D eigenvalue weighted by atomic mass is 28.3. The fourth-order valence-electron chi connectivity index (χ4n) is 2.59. The van der Waals surface area contributed by atoms with Crippen molar-refractivity contribution in [1.29, 1.82) is 0 Å². The van der Waals surface area contributed by atoms with E-state index in [1.807, 2.05) is 0 Å². The fraction of sp³-hybridized carbons (Fsp3) is 0.846. The van der Waals surface area contributed by atoms with Crippen molar-refractivity contribution in [3.8, 4) is 0 Å². The van der Waals surface area contributed by atoms with Gasteiger partial charge in [0.1, 0.15) is 0 Å². The van der Waals surface area contributed by atoms with Gasteiger partial charge in [-0.25, -0.2) is 0 Å². The summed E-state index contributed by atoms with van der Waals surface area (Å²) < 4.78 is 0. The quantitative estimate of drug-likeness (QED) is 0.536. The Morgan fingerprint density at radius 3 is 1.43 bits per heavy atom. The maximum Gasteiger partial charge on any atom is 0.0671 e. The number of hydrogen-bond acceptors (Lipinski definition) is 0. The van der Waals surface area contributed by atoms with Crippen LogP contribution in [0.25, 0.3) is 0 Å². The molecule has 0 saturated heterocycles. The molecule has 14 heavy (non-hydrogen) atoms. The molecule has 0 heterocycles. The lowest BCUT2D eigenvalue weighted by Gasteiger charge is -2.28. The molecule has 0 spiro atoms. The molecule has 0 aliphatic heterocycles. The average Bonchev–Trinajstić information content (AvgIpc) is 2.21. The lowest BCUT2D eigenvalue weighted by Crippen LogP contribution is -2.24. The minimum atomic E-state index is -0.644. The van der Waals surface area contributed by atoms with Gasteiger partial charge in [0.25, 0.3) is 0 Å². The molecular formula is C13H28Si. The molecule has 0 saturated carbocycles. The predicted octanol–water partition coefficient (Wildman–Crippen LogP) is 4.71. The molecule has 0 amide bonds. The van der Waals surface area contributed by atoms with E-state index in [4.69, 9.17) is 0 Å². The van der Waals surface area contributed by atoms with E-state index in [1.54, 1.807) is 0 Å². The normalized spacial score (nSPS) is 12.6. The SMILES string of the molecule is CC=C[SiH](C(CC)CC)C(CC)CC. The molecular weight excluding hydrogens is 184 g/mol. The summed E-state index contributed by atoms with van der Waals surface area (Å²) >= 11 is 0. The van der Waals surface area contributed by atoms with E-state index in [-0.39, 0.29) is 0 Å². The summed E-state index contributed by atoms with van der Waals surface area (Å²) in [6.45, 7) is 11.6. The van der Waals surface area contributed by atoms with Gasteiger partial charge in [0, 0.05) is 0 Å². The van der Waals surface area contributed by atoms with Crippen LogP contribution in [-0.4, -0.2) is 8.80 Å². The van der Waals surface area contributed by atoms with Gasteiger partial charge in [-0.3, -0.25) is 0 Å². The Bertz CT molecular complexity index is 131. The molecule has 0 aromatic carbocycles. The molecule has 0 unspecified atom stereocenters. The highest BCUT2D eigenvalue weighted by molar-refractivity contribution is 6.67. The molecule has 0 N–H and O–H groups in total. The van der Waals surface area contributed by atoms with Crippen LogP contribution in [0.3, 0.4) is 0 Å². The summed E-state index contributed by atoms with van der Waals surface area (Å²) in [4.78, 5) is 0. The molecule has 0 aromatic heterocycles. The first-order valence-electron chi connectivity index (χ1n) is 6.37. The Morgan fingerprint density at radius 1 is 0.857 bits per heavy atom. The maximum absolute atomic E-state index is 2.58. The summed E-state index contributed by atoms with van der Waals surface area (Å²) in [6, 6.07) is 0. The molecule has 0 aliphatic rings. The number of hydrogen-bond donors (Lipinski definition) is 0. The Labute approximate surface area is 92.4 Å². The first-order chi connectivity index (χ1) is 6.74. The zero-order valence-corrected chi connectivity index (χ0v) is 11.9. The Morgan fingerprint density at radius 2 is 1.21 bits per heavy atom. The molecule has 0 rings (SSSR count). The summed E-state index contributed by atoms with van der Waals surface area (Å²) in [5, 5.41) is 0. The second kappa shape index (κ2) is 8.28. The lowest BCUT2D eigenvalue weighted by atomic mass is 10.2. The van der Waals surface area contributed by atoms with Crippen molar-refractivity contribution in [2.75, 3.05) is 0 Å². The van der Waals surface area contributed by atoms with Crippen LogP contribution in [0.4, 0.5) is 0 Å². The largest absolute Gasteiger partial charge is 0.101 e. The predicted molar refractivity (Wildman–Crippen MR) is 70.6 cm³/mol. The molecule has 1 heteroatoms. The van der Waals surface area contributed by atoms with Crippen molar-refractivity contribution < 1.29 is 0 Å². The topological polar surface area (TPSA) is 0 Å². The van der Waals surface area contributed by atoms with Crippen molar-refractivity contribution in [3.05, 3.63) is 11.8 Å². The van der Waals surface area contributed by atoms with Gasteiger partial charge in [0.2, 0.25) is 0 Å². The Kier molecular flexibility index (Phi) is 8.25. The minimum Gasteiger partial charge on any atom is -0.101 e. The van der Waals surface area contributed by atoms with E-state index in [0.29, 0.717) is 0 Å². The van der Waals surface area contributed by atoms with Crippen LogP contribution in [0, 0.1) is 0 Å². The number of allylic oxidation sites excluding steroid dienone is 1. The van der Waals surface area contributed by atoms with Gasteiger partial charge in [-0.05, 0) is 18.0 Å². The summed E-state index contributed by atoms with van der Waals surface area (Å²) in [6.07, 6.45) is 7.83. The van der Waals surface area contributed by atoms with Crippen molar-refractivity contribution in [1.82, 2.24) is 0 Å². The van der Waals surface area contributed by atoms with Crippen molar-refractivity contribution in [2.45, 2.75) is 71.4 Å². The first kappa shape index (κ1) is 14.0. The van der Waals surface area contributed by atoms with Gasteiger partial charge in [0.05, 0.1) is 8.80 Å². The second-order valence-electron chi connectivity index (χ2n) is 4.26. The molecule has 0 aliphatic carbocycles. The monoisotopic (exact) mass is 212 g/mol. The summed E-state index contributed by atoms with van der Waals surface area (Å²) in [7, 11) is -0.644. The van der Waals surface area contributed by atoms with E-state index in [0.717, 1.165) is 11.1 Å². The van der Waals surface area contributed by atoms with E-state index in [2.05, 4.69) is 46.4 Å². The van der Waals surface area contributed by atoms with Crippen LogP contribution in [0.15, 0.2) is 11.8 Å². The molecule has 0 nitrogen and oxygen atoms in total. The van der Waals surface area contributed by atoms with Crippen LogP contribution >= 0.6 is 0 Å². The lowest BCUT2D eigenvalue weighted by molar-refractivity contribution is 0.687. The second-order valence-corrected chi connectivity index (χ2v) is 7.68. The summed E-state index contributed by atoms with van der Waals surface area (Å²) in [5.41, 5.74) is 4.63. The van der Waals surface area contributed by atoms with Gasteiger partial charge in [-0.15, -0.1) is 5.70 Å².